The second-order valence-corrected chi connectivity index (χ2v) is 7.10. The SMILES string of the molecule is CC(N)c1nc2cccc(Cl)c2c(=O)n1N1CCN(C2COC2)CC1. The van der Waals surface area contributed by atoms with Gasteiger partial charge in [0.05, 0.1) is 41.2 Å². The highest BCUT2D eigenvalue weighted by molar-refractivity contribution is 6.35. The highest BCUT2D eigenvalue weighted by Crippen LogP contribution is 2.21. The summed E-state index contributed by atoms with van der Waals surface area (Å²) in [5, 5.41) is 2.90. The molecule has 2 fully saturated rings. The van der Waals surface area contributed by atoms with E-state index in [1.807, 2.05) is 11.9 Å². The lowest BCUT2D eigenvalue weighted by molar-refractivity contribution is -0.0672. The molecule has 2 aliphatic rings. The van der Waals surface area contributed by atoms with Crippen molar-refractivity contribution >= 4 is 22.5 Å². The fourth-order valence-corrected chi connectivity index (χ4v) is 3.73. The fraction of sp³-hybridized carbons (Fsp3) is 0.529. The Kier molecular flexibility index (Phi) is 4.41. The monoisotopic (exact) mass is 363 g/mol. The molecule has 0 saturated carbocycles. The van der Waals surface area contributed by atoms with Gasteiger partial charge in [0.15, 0.2) is 0 Å². The number of halogens is 1. The molecule has 0 spiro atoms. The second kappa shape index (κ2) is 6.57. The first kappa shape index (κ1) is 16.8. The summed E-state index contributed by atoms with van der Waals surface area (Å²) < 4.78 is 6.91. The van der Waals surface area contributed by atoms with Crippen molar-refractivity contribution in [1.29, 1.82) is 0 Å². The molecule has 3 heterocycles. The first-order chi connectivity index (χ1) is 12.1. The Hall–Kier alpha value is -1.67. The minimum atomic E-state index is -0.353. The van der Waals surface area contributed by atoms with Crippen molar-refractivity contribution in [3.05, 3.63) is 39.4 Å². The number of piperazine rings is 1. The van der Waals surface area contributed by atoms with Crippen molar-refractivity contribution in [3.63, 3.8) is 0 Å². The third kappa shape index (κ3) is 2.91. The van der Waals surface area contributed by atoms with Crippen molar-refractivity contribution < 1.29 is 4.74 Å². The zero-order valence-corrected chi connectivity index (χ0v) is 14.9. The van der Waals surface area contributed by atoms with Crippen molar-refractivity contribution in [2.24, 2.45) is 5.73 Å². The van der Waals surface area contributed by atoms with E-state index < -0.39 is 0 Å². The van der Waals surface area contributed by atoms with E-state index in [1.165, 1.54) is 0 Å². The Bertz CT molecular complexity index is 841. The van der Waals surface area contributed by atoms with Crippen LogP contribution in [-0.4, -0.2) is 60.0 Å². The van der Waals surface area contributed by atoms with Crippen molar-refractivity contribution in [1.82, 2.24) is 14.6 Å². The van der Waals surface area contributed by atoms with Crippen LogP contribution in [0.3, 0.4) is 0 Å². The summed E-state index contributed by atoms with van der Waals surface area (Å²) in [5.41, 5.74) is 6.56. The van der Waals surface area contributed by atoms with E-state index in [9.17, 15) is 4.79 Å². The number of fused-ring (bicyclic) bond motifs is 1. The predicted molar refractivity (Wildman–Crippen MR) is 97.7 cm³/mol. The summed E-state index contributed by atoms with van der Waals surface area (Å²) in [6.45, 7) is 6.72. The van der Waals surface area contributed by atoms with E-state index in [2.05, 4.69) is 9.88 Å². The quantitative estimate of drug-likeness (QED) is 0.866. The van der Waals surface area contributed by atoms with Gasteiger partial charge in [0.2, 0.25) is 0 Å². The third-order valence-electron chi connectivity index (χ3n) is 4.97. The molecule has 0 amide bonds. The average Bonchev–Trinajstić information content (AvgIpc) is 2.54. The highest BCUT2D eigenvalue weighted by atomic mass is 35.5. The largest absolute Gasteiger partial charge is 0.378 e. The van der Waals surface area contributed by atoms with Gasteiger partial charge in [0.1, 0.15) is 5.82 Å². The molecule has 134 valence electrons. The number of rotatable bonds is 3. The molecule has 2 aromatic rings. The van der Waals surface area contributed by atoms with E-state index in [1.54, 1.807) is 22.9 Å². The van der Waals surface area contributed by atoms with Crippen LogP contribution in [0.25, 0.3) is 10.9 Å². The van der Waals surface area contributed by atoms with Gasteiger partial charge in [-0.1, -0.05) is 17.7 Å². The smallest absolute Gasteiger partial charge is 0.281 e. The van der Waals surface area contributed by atoms with Crippen LogP contribution in [0.15, 0.2) is 23.0 Å². The topological polar surface area (TPSA) is 76.6 Å². The van der Waals surface area contributed by atoms with Gasteiger partial charge in [-0.25, -0.2) is 9.66 Å². The highest BCUT2D eigenvalue weighted by Gasteiger charge is 2.30. The summed E-state index contributed by atoms with van der Waals surface area (Å²) in [4.78, 5) is 20.2. The van der Waals surface area contributed by atoms with E-state index in [0.29, 0.717) is 27.8 Å². The maximum absolute atomic E-state index is 13.2. The van der Waals surface area contributed by atoms with Crippen LogP contribution in [0.2, 0.25) is 5.02 Å². The van der Waals surface area contributed by atoms with Gasteiger partial charge < -0.3 is 15.5 Å². The molecule has 4 rings (SSSR count). The standard InChI is InChI=1S/C17H22ClN5O2/c1-11(19)16-20-14-4-2-3-13(18)15(14)17(24)23(16)22-7-5-21(6-8-22)12-9-25-10-12/h2-4,11-12H,5-10,19H2,1H3. The minimum Gasteiger partial charge on any atom is -0.378 e. The Morgan fingerprint density at radius 2 is 2.00 bits per heavy atom. The van der Waals surface area contributed by atoms with Crippen LogP contribution in [0.5, 0.6) is 0 Å². The Morgan fingerprint density at radius 1 is 1.28 bits per heavy atom. The molecule has 1 aromatic heterocycles. The maximum Gasteiger partial charge on any atom is 0.281 e. The second-order valence-electron chi connectivity index (χ2n) is 6.69. The summed E-state index contributed by atoms with van der Waals surface area (Å²) in [6.07, 6.45) is 0. The van der Waals surface area contributed by atoms with Crippen LogP contribution < -0.4 is 16.3 Å². The van der Waals surface area contributed by atoms with Crippen molar-refractivity contribution in [2.45, 2.75) is 19.0 Å². The van der Waals surface area contributed by atoms with Gasteiger partial charge in [-0.2, -0.15) is 0 Å². The fourth-order valence-electron chi connectivity index (χ4n) is 3.48. The number of hydrogen-bond acceptors (Lipinski definition) is 6. The molecule has 2 aliphatic heterocycles. The Morgan fingerprint density at radius 3 is 2.60 bits per heavy atom. The molecule has 2 N–H and O–H groups in total. The lowest BCUT2D eigenvalue weighted by Crippen LogP contribution is -2.60. The first-order valence-electron chi connectivity index (χ1n) is 8.60. The molecule has 1 atom stereocenters. The van der Waals surface area contributed by atoms with Gasteiger partial charge in [-0.05, 0) is 19.1 Å². The molecule has 25 heavy (non-hydrogen) atoms. The summed E-state index contributed by atoms with van der Waals surface area (Å²) in [6, 6.07) is 5.47. The van der Waals surface area contributed by atoms with E-state index >= 15 is 0 Å². The lowest BCUT2D eigenvalue weighted by Gasteiger charge is -2.43. The number of benzene rings is 1. The van der Waals surface area contributed by atoms with E-state index in [0.717, 1.165) is 39.4 Å². The summed E-state index contributed by atoms with van der Waals surface area (Å²) >= 11 is 6.27. The zero-order chi connectivity index (χ0) is 17.6. The van der Waals surface area contributed by atoms with Crippen LogP contribution >= 0.6 is 11.6 Å². The van der Waals surface area contributed by atoms with Crippen LogP contribution in [0.1, 0.15) is 18.8 Å². The van der Waals surface area contributed by atoms with Gasteiger partial charge in [-0.15, -0.1) is 0 Å². The Balaban J connectivity index is 1.73. The molecule has 7 nitrogen and oxygen atoms in total. The maximum atomic E-state index is 13.2. The average molecular weight is 364 g/mol. The summed E-state index contributed by atoms with van der Waals surface area (Å²) in [7, 11) is 0. The first-order valence-corrected chi connectivity index (χ1v) is 8.98. The number of hydrogen-bond donors (Lipinski definition) is 1. The normalized spacial score (nSPS) is 20.7. The predicted octanol–water partition coefficient (Wildman–Crippen LogP) is 0.722. The lowest BCUT2D eigenvalue weighted by atomic mass is 10.2. The molecule has 1 unspecified atom stereocenters. The molecular formula is C17H22ClN5O2. The van der Waals surface area contributed by atoms with Crippen LogP contribution in [0.4, 0.5) is 0 Å². The van der Waals surface area contributed by atoms with Gasteiger partial charge >= 0.3 is 0 Å². The zero-order valence-electron chi connectivity index (χ0n) is 14.2. The number of nitrogens with zero attached hydrogens (tertiary/aromatic N) is 4. The number of aromatic nitrogens is 2. The van der Waals surface area contributed by atoms with Gasteiger partial charge in [0.25, 0.3) is 5.56 Å². The molecule has 8 heteroatoms. The van der Waals surface area contributed by atoms with Crippen LogP contribution in [0, 0.1) is 0 Å². The molecule has 1 aromatic carbocycles. The molecular weight excluding hydrogens is 342 g/mol. The van der Waals surface area contributed by atoms with Crippen molar-refractivity contribution in [3.8, 4) is 0 Å². The molecule has 2 saturated heterocycles. The third-order valence-corrected chi connectivity index (χ3v) is 5.28. The van der Waals surface area contributed by atoms with E-state index in [4.69, 9.17) is 22.1 Å². The minimum absolute atomic E-state index is 0.150. The number of nitrogens with two attached hydrogens (primary N) is 1. The molecule has 0 radical (unpaired) electrons. The van der Waals surface area contributed by atoms with Gasteiger partial charge in [-0.3, -0.25) is 9.69 Å². The summed E-state index contributed by atoms with van der Waals surface area (Å²) in [5.74, 6) is 0.570. The molecule has 0 aliphatic carbocycles. The van der Waals surface area contributed by atoms with Crippen molar-refractivity contribution in [2.75, 3.05) is 44.4 Å². The molecule has 0 bridgehead atoms. The number of ether oxygens (including phenoxy) is 1. The van der Waals surface area contributed by atoms with Crippen LogP contribution in [-0.2, 0) is 4.74 Å². The Labute approximate surface area is 150 Å². The van der Waals surface area contributed by atoms with Gasteiger partial charge in [0, 0.05) is 26.2 Å². The van der Waals surface area contributed by atoms with E-state index in [-0.39, 0.29) is 11.6 Å².